The minimum Gasteiger partial charge on any atom is -0.297 e. The van der Waals surface area contributed by atoms with Crippen LogP contribution < -0.4 is 0 Å². The predicted octanol–water partition coefficient (Wildman–Crippen LogP) is 1.99. The average Bonchev–Trinajstić information content (AvgIpc) is 1.65. The van der Waals surface area contributed by atoms with Crippen molar-refractivity contribution in [3.63, 3.8) is 0 Å². The number of hydrogen-bond donors (Lipinski definition) is 1. The van der Waals surface area contributed by atoms with Gasteiger partial charge in [0.05, 0.1) is 10.9 Å². The monoisotopic (exact) mass is 159 g/mol. The number of rotatable bonds is 1. The molecule has 0 aromatic carbocycles. The zero-order chi connectivity index (χ0) is 4.99. The van der Waals surface area contributed by atoms with Gasteiger partial charge in [0.15, 0.2) is 0 Å². The van der Waals surface area contributed by atoms with Crippen molar-refractivity contribution in [1.29, 1.82) is 5.41 Å². The van der Waals surface area contributed by atoms with Crippen molar-refractivity contribution < 1.29 is 0 Å². The molecular formula is C3H7Cl2NS. The highest BCUT2D eigenvalue weighted by Crippen LogP contribution is 1.94. The first kappa shape index (κ1) is 10.6. The standard InChI is InChI=1S/C3H6ClNS.ClH/c1-6-3(5)2-4;/h5H,2H2,1H3;1H. The van der Waals surface area contributed by atoms with Gasteiger partial charge in [-0.3, -0.25) is 5.41 Å². The van der Waals surface area contributed by atoms with Gasteiger partial charge in [-0.2, -0.15) is 0 Å². The van der Waals surface area contributed by atoms with E-state index in [1.807, 2.05) is 6.26 Å². The van der Waals surface area contributed by atoms with Crippen LogP contribution in [-0.2, 0) is 0 Å². The summed E-state index contributed by atoms with van der Waals surface area (Å²) in [6.07, 6.45) is 1.84. The van der Waals surface area contributed by atoms with Crippen molar-refractivity contribution in [3.05, 3.63) is 0 Å². The van der Waals surface area contributed by atoms with Crippen LogP contribution in [0.1, 0.15) is 0 Å². The lowest BCUT2D eigenvalue weighted by Crippen LogP contribution is -1.86. The van der Waals surface area contributed by atoms with E-state index in [-0.39, 0.29) is 12.4 Å². The molecule has 0 spiro atoms. The van der Waals surface area contributed by atoms with Gasteiger partial charge in [0, 0.05) is 0 Å². The highest BCUT2D eigenvalue weighted by atomic mass is 35.5. The number of nitrogens with one attached hydrogen (secondary N) is 1. The largest absolute Gasteiger partial charge is 0.297 e. The highest BCUT2D eigenvalue weighted by molar-refractivity contribution is 8.13. The third-order valence-corrected chi connectivity index (χ3v) is 1.43. The van der Waals surface area contributed by atoms with Crippen LogP contribution in [0.4, 0.5) is 0 Å². The van der Waals surface area contributed by atoms with Crippen molar-refractivity contribution in [2.75, 3.05) is 12.1 Å². The average molecular weight is 160 g/mol. The van der Waals surface area contributed by atoms with Crippen molar-refractivity contribution in [2.45, 2.75) is 0 Å². The molecule has 0 fully saturated rings. The van der Waals surface area contributed by atoms with Gasteiger partial charge in [0.2, 0.25) is 0 Å². The highest BCUT2D eigenvalue weighted by Gasteiger charge is 1.83. The second-order valence-corrected chi connectivity index (χ2v) is 1.93. The van der Waals surface area contributed by atoms with E-state index in [2.05, 4.69) is 0 Å². The quantitative estimate of drug-likeness (QED) is 0.354. The molecule has 0 rings (SSSR count). The molecule has 0 aliphatic rings. The van der Waals surface area contributed by atoms with Crippen LogP contribution >= 0.6 is 35.8 Å². The summed E-state index contributed by atoms with van der Waals surface area (Å²) >= 11 is 6.58. The van der Waals surface area contributed by atoms with E-state index in [9.17, 15) is 0 Å². The molecule has 0 radical (unpaired) electrons. The Balaban J connectivity index is 0. The Bertz CT molecular complexity index is 50.9. The van der Waals surface area contributed by atoms with Gasteiger partial charge in [0.1, 0.15) is 0 Å². The predicted molar refractivity (Wildman–Crippen MR) is 39.2 cm³/mol. The second-order valence-electron chi connectivity index (χ2n) is 0.761. The first-order valence-corrected chi connectivity index (χ1v) is 3.24. The van der Waals surface area contributed by atoms with Gasteiger partial charge in [-0.15, -0.1) is 35.8 Å². The molecule has 0 aromatic rings. The minimum absolute atomic E-state index is 0. The Morgan fingerprint density at radius 2 is 2.29 bits per heavy atom. The van der Waals surface area contributed by atoms with Crippen molar-refractivity contribution in [1.82, 2.24) is 0 Å². The zero-order valence-electron chi connectivity index (χ0n) is 3.90. The van der Waals surface area contributed by atoms with Crippen LogP contribution in [0.2, 0.25) is 0 Å². The molecule has 1 nitrogen and oxygen atoms in total. The molecule has 7 heavy (non-hydrogen) atoms. The summed E-state index contributed by atoms with van der Waals surface area (Å²) in [6, 6.07) is 0. The maximum absolute atomic E-state index is 6.82. The molecule has 44 valence electrons. The molecule has 0 heterocycles. The van der Waals surface area contributed by atoms with Crippen LogP contribution in [0.3, 0.4) is 0 Å². The molecule has 0 aliphatic carbocycles. The fourth-order valence-corrected chi connectivity index (χ4v) is 0.491. The smallest absolute Gasteiger partial charge is 0.0786 e. The minimum atomic E-state index is 0. The Morgan fingerprint density at radius 1 is 1.86 bits per heavy atom. The molecule has 1 N–H and O–H groups in total. The summed E-state index contributed by atoms with van der Waals surface area (Å²) in [5.41, 5.74) is 0. The Kier molecular flexibility index (Phi) is 9.95. The van der Waals surface area contributed by atoms with Gasteiger partial charge < -0.3 is 0 Å². The van der Waals surface area contributed by atoms with E-state index in [4.69, 9.17) is 17.0 Å². The first-order chi connectivity index (χ1) is 2.81. The number of hydrogen-bond acceptors (Lipinski definition) is 2. The Morgan fingerprint density at radius 3 is 2.29 bits per heavy atom. The normalized spacial score (nSPS) is 7.14. The zero-order valence-corrected chi connectivity index (χ0v) is 6.29. The van der Waals surface area contributed by atoms with E-state index in [1.165, 1.54) is 11.8 Å². The van der Waals surface area contributed by atoms with Gasteiger partial charge >= 0.3 is 0 Å². The summed E-state index contributed by atoms with van der Waals surface area (Å²) in [5.74, 6) is 0.348. The maximum atomic E-state index is 6.82. The van der Waals surface area contributed by atoms with E-state index < -0.39 is 0 Å². The third kappa shape index (κ3) is 6.60. The number of thioether (sulfide) groups is 1. The first-order valence-electron chi connectivity index (χ1n) is 1.48. The topological polar surface area (TPSA) is 23.9 Å². The number of halogens is 2. The summed E-state index contributed by atoms with van der Waals surface area (Å²) in [6.45, 7) is 0. The fraction of sp³-hybridized carbons (Fsp3) is 0.667. The molecular weight excluding hydrogens is 153 g/mol. The molecule has 0 aromatic heterocycles. The van der Waals surface area contributed by atoms with Crippen LogP contribution in [-0.4, -0.2) is 17.2 Å². The SMILES string of the molecule is CSC(=N)CCl.Cl. The molecule has 0 bridgehead atoms. The van der Waals surface area contributed by atoms with Crippen LogP contribution in [0.15, 0.2) is 0 Å². The maximum Gasteiger partial charge on any atom is 0.0786 e. The van der Waals surface area contributed by atoms with Crippen molar-refractivity contribution >= 4 is 40.8 Å². The van der Waals surface area contributed by atoms with Gasteiger partial charge in [-0.1, -0.05) is 0 Å². The molecule has 0 amide bonds. The Labute approximate surface area is 58.7 Å². The van der Waals surface area contributed by atoms with E-state index in [0.29, 0.717) is 10.9 Å². The fourth-order valence-electron chi connectivity index (χ4n) is 0.0546. The molecule has 4 heteroatoms. The molecule has 0 saturated carbocycles. The lowest BCUT2D eigenvalue weighted by molar-refractivity contribution is 1.54. The van der Waals surface area contributed by atoms with Crippen molar-refractivity contribution in [2.24, 2.45) is 0 Å². The molecule has 0 saturated heterocycles. The lowest BCUT2D eigenvalue weighted by atomic mass is 10.9. The molecule has 0 aliphatic heterocycles. The van der Waals surface area contributed by atoms with Crippen LogP contribution in [0.25, 0.3) is 0 Å². The van der Waals surface area contributed by atoms with E-state index >= 15 is 0 Å². The van der Waals surface area contributed by atoms with Gasteiger partial charge in [-0.25, -0.2) is 0 Å². The number of alkyl halides is 1. The lowest BCUT2D eigenvalue weighted by Gasteiger charge is -1.84. The van der Waals surface area contributed by atoms with Gasteiger partial charge in [0.25, 0.3) is 0 Å². The second kappa shape index (κ2) is 6.60. The van der Waals surface area contributed by atoms with E-state index in [0.717, 1.165) is 0 Å². The van der Waals surface area contributed by atoms with Crippen LogP contribution in [0.5, 0.6) is 0 Å². The summed E-state index contributed by atoms with van der Waals surface area (Å²) < 4.78 is 0. The van der Waals surface area contributed by atoms with Gasteiger partial charge in [-0.05, 0) is 6.26 Å². The van der Waals surface area contributed by atoms with Crippen LogP contribution in [0, 0.1) is 5.41 Å². The van der Waals surface area contributed by atoms with E-state index in [1.54, 1.807) is 0 Å². The third-order valence-electron chi connectivity index (χ3n) is 0.368. The Hall–Kier alpha value is 0.600. The molecule has 0 unspecified atom stereocenters. The summed E-state index contributed by atoms with van der Waals surface area (Å²) in [4.78, 5) is 0. The van der Waals surface area contributed by atoms with Crippen molar-refractivity contribution in [3.8, 4) is 0 Å². The molecule has 0 atom stereocenters. The summed E-state index contributed by atoms with van der Waals surface area (Å²) in [7, 11) is 0. The summed E-state index contributed by atoms with van der Waals surface area (Å²) in [5, 5.41) is 7.34.